The van der Waals surface area contributed by atoms with Gasteiger partial charge in [0.2, 0.25) is 5.16 Å². The summed E-state index contributed by atoms with van der Waals surface area (Å²) in [5.74, 6) is 1.69. The molecule has 1 aromatic heterocycles. The van der Waals surface area contributed by atoms with E-state index in [4.69, 9.17) is 9.47 Å². The van der Waals surface area contributed by atoms with Gasteiger partial charge in [-0.3, -0.25) is 5.10 Å². The zero-order chi connectivity index (χ0) is 17.8. The highest BCUT2D eigenvalue weighted by Crippen LogP contribution is 2.36. The van der Waals surface area contributed by atoms with Crippen LogP contribution in [0.5, 0.6) is 11.5 Å². The van der Waals surface area contributed by atoms with Gasteiger partial charge in [-0.1, -0.05) is 30.0 Å². The van der Waals surface area contributed by atoms with Gasteiger partial charge in [-0.05, 0) is 25.1 Å². The maximum Gasteiger partial charge on any atom is 0.209 e. The number of ether oxygens (including phenoxy) is 2. The van der Waals surface area contributed by atoms with Gasteiger partial charge in [0, 0.05) is 16.9 Å². The van der Waals surface area contributed by atoms with E-state index in [9.17, 15) is 4.39 Å². The van der Waals surface area contributed by atoms with E-state index in [1.807, 2.05) is 25.1 Å². The lowest BCUT2D eigenvalue weighted by molar-refractivity contribution is 0.395. The smallest absolute Gasteiger partial charge is 0.209 e. The highest BCUT2D eigenvalue weighted by molar-refractivity contribution is 7.99. The largest absolute Gasteiger partial charge is 0.497 e. The first-order valence-electron chi connectivity index (χ1n) is 7.68. The molecule has 3 aromatic rings. The van der Waals surface area contributed by atoms with Gasteiger partial charge in [-0.15, -0.1) is 5.10 Å². The van der Waals surface area contributed by atoms with Gasteiger partial charge in [0.05, 0.1) is 19.8 Å². The van der Waals surface area contributed by atoms with E-state index in [2.05, 4.69) is 15.2 Å². The summed E-state index contributed by atoms with van der Waals surface area (Å²) in [4.78, 5) is 4.49. The number of halogens is 1. The third-order valence-electron chi connectivity index (χ3n) is 3.75. The summed E-state index contributed by atoms with van der Waals surface area (Å²) in [5, 5.41) is 7.57. The quantitative estimate of drug-likeness (QED) is 0.658. The van der Waals surface area contributed by atoms with Crippen LogP contribution in [0.2, 0.25) is 0 Å². The lowest BCUT2D eigenvalue weighted by Crippen LogP contribution is -1.93. The molecule has 0 aliphatic heterocycles. The standard InChI is InChI=1S/C18H18FN3O2S/c1-11(13-6-4-5-7-15(13)19)25-18-20-17(21-22-18)14-9-8-12(23-2)10-16(14)24-3/h4-11H,1-3H3,(H,20,21,22). The van der Waals surface area contributed by atoms with Crippen LogP contribution in [0.25, 0.3) is 11.4 Å². The monoisotopic (exact) mass is 359 g/mol. The molecule has 0 amide bonds. The Morgan fingerprint density at radius 1 is 1.12 bits per heavy atom. The molecule has 3 rings (SSSR count). The molecule has 1 atom stereocenters. The first-order chi connectivity index (χ1) is 12.1. The lowest BCUT2D eigenvalue weighted by atomic mass is 10.1. The summed E-state index contributed by atoms with van der Waals surface area (Å²) in [5.41, 5.74) is 1.40. The van der Waals surface area contributed by atoms with Crippen LogP contribution >= 0.6 is 11.8 Å². The highest BCUT2D eigenvalue weighted by Gasteiger charge is 2.17. The molecule has 0 aliphatic rings. The van der Waals surface area contributed by atoms with Gasteiger partial charge < -0.3 is 9.47 Å². The lowest BCUT2D eigenvalue weighted by Gasteiger charge is -2.09. The topological polar surface area (TPSA) is 60.0 Å². The molecule has 1 N–H and O–H groups in total. The van der Waals surface area contributed by atoms with Crippen molar-refractivity contribution >= 4 is 11.8 Å². The van der Waals surface area contributed by atoms with Crippen molar-refractivity contribution in [1.29, 1.82) is 0 Å². The van der Waals surface area contributed by atoms with E-state index >= 15 is 0 Å². The average Bonchev–Trinajstić information content (AvgIpc) is 3.09. The van der Waals surface area contributed by atoms with E-state index in [0.717, 1.165) is 5.56 Å². The maximum atomic E-state index is 13.9. The Kier molecular flexibility index (Phi) is 5.23. The minimum absolute atomic E-state index is 0.109. The number of nitrogens with zero attached hydrogens (tertiary/aromatic N) is 2. The fourth-order valence-corrected chi connectivity index (χ4v) is 3.32. The Balaban J connectivity index is 1.82. The Hall–Kier alpha value is -2.54. The molecule has 7 heteroatoms. The van der Waals surface area contributed by atoms with Crippen molar-refractivity contribution in [2.75, 3.05) is 14.2 Å². The minimum atomic E-state index is -0.227. The summed E-state index contributed by atoms with van der Waals surface area (Å²) in [6, 6.07) is 12.2. The van der Waals surface area contributed by atoms with E-state index in [0.29, 0.717) is 28.0 Å². The first kappa shape index (κ1) is 17.3. The van der Waals surface area contributed by atoms with Crippen LogP contribution < -0.4 is 9.47 Å². The summed E-state index contributed by atoms with van der Waals surface area (Å²) in [6.07, 6.45) is 0. The average molecular weight is 359 g/mol. The van der Waals surface area contributed by atoms with Crippen molar-refractivity contribution < 1.29 is 13.9 Å². The van der Waals surface area contributed by atoms with Crippen molar-refractivity contribution in [2.45, 2.75) is 17.3 Å². The molecule has 0 saturated heterocycles. The van der Waals surface area contributed by atoms with Gasteiger partial charge in [-0.2, -0.15) is 0 Å². The van der Waals surface area contributed by atoms with Gasteiger partial charge in [0.25, 0.3) is 0 Å². The zero-order valence-corrected chi connectivity index (χ0v) is 14.9. The molecule has 0 bridgehead atoms. The second-order valence-electron chi connectivity index (χ2n) is 5.31. The summed E-state index contributed by atoms with van der Waals surface area (Å²) in [6.45, 7) is 1.92. The van der Waals surface area contributed by atoms with Crippen LogP contribution in [0.15, 0.2) is 47.6 Å². The highest BCUT2D eigenvalue weighted by atomic mass is 32.2. The number of aromatic nitrogens is 3. The van der Waals surface area contributed by atoms with Gasteiger partial charge in [-0.25, -0.2) is 9.37 Å². The molecule has 1 unspecified atom stereocenters. The van der Waals surface area contributed by atoms with Crippen molar-refractivity contribution in [1.82, 2.24) is 15.2 Å². The fourth-order valence-electron chi connectivity index (χ4n) is 2.44. The maximum absolute atomic E-state index is 13.9. The number of aromatic amines is 1. The van der Waals surface area contributed by atoms with E-state index in [-0.39, 0.29) is 11.1 Å². The second-order valence-corrected chi connectivity index (χ2v) is 6.62. The molecule has 0 spiro atoms. The molecule has 1 heterocycles. The van der Waals surface area contributed by atoms with Crippen LogP contribution in [0.1, 0.15) is 17.7 Å². The SMILES string of the molecule is COc1ccc(-c2nc(SC(C)c3ccccc3F)n[nH]2)c(OC)c1. The van der Waals surface area contributed by atoms with E-state index < -0.39 is 0 Å². The normalized spacial score (nSPS) is 12.0. The number of thioether (sulfide) groups is 1. The van der Waals surface area contributed by atoms with Gasteiger partial charge in [0.15, 0.2) is 5.82 Å². The molecule has 0 saturated carbocycles. The summed E-state index contributed by atoms with van der Waals surface area (Å²) < 4.78 is 24.5. The second kappa shape index (κ2) is 7.57. The van der Waals surface area contributed by atoms with Crippen molar-refractivity contribution in [2.24, 2.45) is 0 Å². The van der Waals surface area contributed by atoms with Crippen molar-refractivity contribution in [3.05, 3.63) is 53.8 Å². The van der Waals surface area contributed by atoms with Gasteiger partial charge >= 0.3 is 0 Å². The number of methoxy groups -OCH3 is 2. The number of nitrogens with one attached hydrogen (secondary N) is 1. The third kappa shape index (κ3) is 3.76. The molecule has 25 heavy (non-hydrogen) atoms. The number of rotatable bonds is 6. The van der Waals surface area contributed by atoms with Crippen molar-refractivity contribution in [3.63, 3.8) is 0 Å². The molecule has 130 valence electrons. The fraction of sp³-hybridized carbons (Fsp3) is 0.222. The molecular weight excluding hydrogens is 341 g/mol. The molecule has 0 fully saturated rings. The predicted molar refractivity (Wildman–Crippen MR) is 95.6 cm³/mol. The van der Waals surface area contributed by atoms with Gasteiger partial charge in [0.1, 0.15) is 17.3 Å². The van der Waals surface area contributed by atoms with Crippen LogP contribution in [-0.4, -0.2) is 29.4 Å². The first-order valence-corrected chi connectivity index (χ1v) is 8.56. The summed E-state index contributed by atoms with van der Waals surface area (Å²) in [7, 11) is 3.19. The number of benzene rings is 2. The predicted octanol–water partition coefficient (Wildman–Crippen LogP) is 4.48. The number of hydrogen-bond donors (Lipinski definition) is 1. The number of H-pyrrole nitrogens is 1. The van der Waals surface area contributed by atoms with E-state index in [1.165, 1.54) is 17.8 Å². The zero-order valence-electron chi connectivity index (χ0n) is 14.1. The molecular formula is C18H18FN3O2S. The van der Waals surface area contributed by atoms with Crippen LogP contribution in [-0.2, 0) is 0 Å². The molecule has 5 nitrogen and oxygen atoms in total. The number of hydrogen-bond acceptors (Lipinski definition) is 5. The van der Waals surface area contributed by atoms with Crippen LogP contribution in [0, 0.1) is 5.82 Å². The molecule has 0 radical (unpaired) electrons. The van der Waals surface area contributed by atoms with E-state index in [1.54, 1.807) is 32.4 Å². The minimum Gasteiger partial charge on any atom is -0.497 e. The Labute approximate surface area is 149 Å². The Bertz CT molecular complexity index is 869. The van der Waals surface area contributed by atoms with Crippen LogP contribution in [0.4, 0.5) is 4.39 Å². The summed E-state index contributed by atoms with van der Waals surface area (Å²) >= 11 is 1.39. The molecule has 0 aliphatic carbocycles. The Morgan fingerprint density at radius 2 is 1.92 bits per heavy atom. The molecule has 2 aromatic carbocycles. The van der Waals surface area contributed by atoms with Crippen molar-refractivity contribution in [3.8, 4) is 22.9 Å². The Morgan fingerprint density at radius 3 is 2.64 bits per heavy atom. The third-order valence-corrected chi connectivity index (χ3v) is 4.75. The van der Waals surface area contributed by atoms with Crippen LogP contribution in [0.3, 0.4) is 0 Å².